The van der Waals surface area contributed by atoms with Gasteiger partial charge in [-0.05, 0) is 12.8 Å². The van der Waals surface area contributed by atoms with Gasteiger partial charge in [-0.3, -0.25) is 4.79 Å². The van der Waals surface area contributed by atoms with Crippen LogP contribution >= 0.6 is 0 Å². The van der Waals surface area contributed by atoms with Crippen molar-refractivity contribution in [3.8, 4) is 0 Å². The van der Waals surface area contributed by atoms with E-state index in [0.717, 1.165) is 0 Å². The predicted octanol–water partition coefficient (Wildman–Crippen LogP) is 1.52. The summed E-state index contributed by atoms with van der Waals surface area (Å²) in [7, 11) is 0. The zero-order valence-electron chi connectivity index (χ0n) is 7.24. The second-order valence-electron chi connectivity index (χ2n) is 3.15. The van der Waals surface area contributed by atoms with Gasteiger partial charge < -0.3 is 9.84 Å². The fraction of sp³-hybridized carbons (Fsp3) is 0.875. The van der Waals surface area contributed by atoms with Gasteiger partial charge in [0, 0.05) is 0 Å². The lowest BCUT2D eigenvalue weighted by atomic mass is 9.99. The minimum absolute atomic E-state index is 0.195. The van der Waals surface area contributed by atoms with Crippen molar-refractivity contribution >= 4 is 5.97 Å². The van der Waals surface area contributed by atoms with E-state index < -0.39 is 24.4 Å². The summed E-state index contributed by atoms with van der Waals surface area (Å²) in [4.78, 5) is 10.6. The Labute approximate surface area is 74.7 Å². The molecule has 0 saturated carbocycles. The highest BCUT2D eigenvalue weighted by Gasteiger charge is 2.44. The summed E-state index contributed by atoms with van der Waals surface area (Å²) in [5, 5.41) is 8.63. The highest BCUT2D eigenvalue weighted by molar-refractivity contribution is 5.71. The van der Waals surface area contributed by atoms with E-state index in [9.17, 15) is 13.6 Å². The Hall–Kier alpha value is -0.710. The molecule has 0 aliphatic carbocycles. The van der Waals surface area contributed by atoms with E-state index >= 15 is 0 Å². The van der Waals surface area contributed by atoms with Crippen LogP contribution in [0.3, 0.4) is 0 Å². The number of halogens is 2. The Morgan fingerprint density at radius 1 is 1.69 bits per heavy atom. The molecule has 0 spiro atoms. The first-order chi connectivity index (χ1) is 6.06. The molecule has 76 valence electrons. The molecule has 1 aliphatic heterocycles. The van der Waals surface area contributed by atoms with Gasteiger partial charge in [0.25, 0.3) is 6.43 Å². The van der Waals surface area contributed by atoms with Gasteiger partial charge in [0.15, 0.2) is 0 Å². The quantitative estimate of drug-likeness (QED) is 0.740. The van der Waals surface area contributed by atoms with E-state index in [4.69, 9.17) is 9.84 Å². The lowest BCUT2D eigenvalue weighted by Crippen LogP contribution is -2.30. The third kappa shape index (κ3) is 2.15. The fourth-order valence-corrected chi connectivity index (χ4v) is 1.53. The average Bonchev–Trinajstić information content (AvgIpc) is 2.47. The second-order valence-corrected chi connectivity index (χ2v) is 3.15. The summed E-state index contributed by atoms with van der Waals surface area (Å²) in [6, 6.07) is 0. The lowest BCUT2D eigenvalue weighted by Gasteiger charge is -2.13. The van der Waals surface area contributed by atoms with Crippen LogP contribution in [0.2, 0.25) is 0 Å². The van der Waals surface area contributed by atoms with Crippen molar-refractivity contribution in [2.24, 2.45) is 5.92 Å². The lowest BCUT2D eigenvalue weighted by molar-refractivity contribution is -0.147. The Morgan fingerprint density at radius 2 is 2.31 bits per heavy atom. The smallest absolute Gasteiger partial charge is 0.309 e. The molecule has 0 bridgehead atoms. The molecule has 1 saturated heterocycles. The molecule has 1 N–H and O–H groups in total. The molecule has 3 nitrogen and oxygen atoms in total. The van der Waals surface area contributed by atoms with Gasteiger partial charge in [0.2, 0.25) is 0 Å². The minimum atomic E-state index is -2.71. The van der Waals surface area contributed by atoms with Crippen LogP contribution in [-0.2, 0) is 9.53 Å². The number of ether oxygens (including phenoxy) is 1. The van der Waals surface area contributed by atoms with Crippen molar-refractivity contribution in [2.75, 3.05) is 0 Å². The molecule has 0 aromatic heterocycles. The maximum atomic E-state index is 12.3. The Bertz CT molecular complexity index is 196. The summed E-state index contributed by atoms with van der Waals surface area (Å²) < 4.78 is 29.5. The maximum absolute atomic E-state index is 12.3. The normalized spacial score (nSPS) is 34.0. The first kappa shape index (κ1) is 10.4. The van der Waals surface area contributed by atoms with E-state index in [2.05, 4.69) is 0 Å². The van der Waals surface area contributed by atoms with Crippen molar-refractivity contribution in [2.45, 2.75) is 38.4 Å². The number of aliphatic carboxylic acids is 1. The van der Waals surface area contributed by atoms with Crippen LogP contribution in [0, 0.1) is 5.92 Å². The second kappa shape index (κ2) is 4.00. The topological polar surface area (TPSA) is 46.5 Å². The number of hydrogen-bond acceptors (Lipinski definition) is 2. The van der Waals surface area contributed by atoms with Gasteiger partial charge in [-0.15, -0.1) is 0 Å². The summed E-state index contributed by atoms with van der Waals surface area (Å²) >= 11 is 0. The number of carboxylic acid groups (broad SMARTS) is 1. The molecule has 1 aliphatic rings. The van der Waals surface area contributed by atoms with Gasteiger partial charge in [0.05, 0.1) is 12.0 Å². The van der Waals surface area contributed by atoms with Crippen LogP contribution < -0.4 is 0 Å². The van der Waals surface area contributed by atoms with E-state index in [1.165, 1.54) is 0 Å². The molecule has 5 heteroatoms. The van der Waals surface area contributed by atoms with E-state index in [0.29, 0.717) is 6.42 Å². The van der Waals surface area contributed by atoms with Crippen LogP contribution in [0.4, 0.5) is 8.78 Å². The predicted molar refractivity (Wildman–Crippen MR) is 40.7 cm³/mol. The zero-order valence-corrected chi connectivity index (χ0v) is 7.24. The largest absolute Gasteiger partial charge is 0.481 e. The van der Waals surface area contributed by atoms with Crippen LogP contribution in [0.5, 0.6) is 0 Å². The third-order valence-electron chi connectivity index (χ3n) is 2.28. The molecule has 1 rings (SSSR count). The molecule has 1 fully saturated rings. The van der Waals surface area contributed by atoms with Crippen LogP contribution in [0.25, 0.3) is 0 Å². The highest BCUT2D eigenvalue weighted by Crippen LogP contribution is 2.31. The van der Waals surface area contributed by atoms with Crippen molar-refractivity contribution in [3.05, 3.63) is 0 Å². The minimum Gasteiger partial charge on any atom is -0.481 e. The highest BCUT2D eigenvalue weighted by atomic mass is 19.3. The monoisotopic (exact) mass is 194 g/mol. The van der Waals surface area contributed by atoms with Crippen LogP contribution in [-0.4, -0.2) is 29.7 Å². The Morgan fingerprint density at radius 3 is 2.62 bits per heavy atom. The molecular weight excluding hydrogens is 182 g/mol. The van der Waals surface area contributed by atoms with Gasteiger partial charge >= 0.3 is 5.97 Å². The van der Waals surface area contributed by atoms with Crippen molar-refractivity contribution in [1.29, 1.82) is 0 Å². The molecule has 1 heterocycles. The van der Waals surface area contributed by atoms with Crippen LogP contribution in [0.1, 0.15) is 19.8 Å². The molecule has 0 radical (unpaired) electrons. The first-order valence-corrected chi connectivity index (χ1v) is 4.22. The van der Waals surface area contributed by atoms with E-state index in [-0.39, 0.29) is 12.5 Å². The van der Waals surface area contributed by atoms with Crippen LogP contribution in [0.15, 0.2) is 0 Å². The molecule has 3 unspecified atom stereocenters. The van der Waals surface area contributed by atoms with E-state index in [1.807, 2.05) is 0 Å². The third-order valence-corrected chi connectivity index (χ3v) is 2.28. The molecule has 13 heavy (non-hydrogen) atoms. The fourth-order valence-electron chi connectivity index (χ4n) is 1.53. The summed E-state index contributed by atoms with van der Waals surface area (Å²) in [6.45, 7) is 1.79. The van der Waals surface area contributed by atoms with Gasteiger partial charge in [0.1, 0.15) is 6.10 Å². The number of alkyl halides is 2. The molecule has 3 atom stereocenters. The SMILES string of the molecule is CCC1CC(C(=O)O)C(C(F)F)O1. The number of carboxylic acids is 1. The zero-order chi connectivity index (χ0) is 10.0. The summed E-state index contributed by atoms with van der Waals surface area (Å²) in [6.07, 6.45) is -3.70. The molecule has 0 aromatic rings. The van der Waals surface area contributed by atoms with Crippen molar-refractivity contribution in [1.82, 2.24) is 0 Å². The molecular formula is C8H12F2O3. The number of rotatable bonds is 3. The van der Waals surface area contributed by atoms with Crippen molar-refractivity contribution < 1.29 is 23.4 Å². The maximum Gasteiger partial charge on any atom is 0.309 e. The molecule has 0 aromatic carbocycles. The standard InChI is InChI=1S/C8H12F2O3/c1-2-4-3-5(8(11)12)6(13-4)7(9)10/h4-7H,2-3H2,1H3,(H,11,12). The molecule has 0 amide bonds. The van der Waals surface area contributed by atoms with Gasteiger partial charge in [-0.2, -0.15) is 0 Å². The van der Waals surface area contributed by atoms with Crippen molar-refractivity contribution in [3.63, 3.8) is 0 Å². The number of hydrogen-bond donors (Lipinski definition) is 1. The van der Waals surface area contributed by atoms with E-state index in [1.54, 1.807) is 6.92 Å². The van der Waals surface area contributed by atoms with Gasteiger partial charge in [-0.1, -0.05) is 6.92 Å². The number of carbonyl (C=O) groups is 1. The Balaban J connectivity index is 2.65. The van der Waals surface area contributed by atoms with Gasteiger partial charge in [-0.25, -0.2) is 8.78 Å². The summed E-state index contributed by atoms with van der Waals surface area (Å²) in [5.41, 5.74) is 0. The average molecular weight is 194 g/mol. The summed E-state index contributed by atoms with van der Waals surface area (Å²) in [5.74, 6) is -2.24. The Kier molecular flexibility index (Phi) is 3.19. The first-order valence-electron chi connectivity index (χ1n) is 4.22.